The van der Waals surface area contributed by atoms with E-state index in [1.807, 2.05) is 0 Å². The van der Waals surface area contributed by atoms with E-state index in [1.54, 1.807) is 24.3 Å². The van der Waals surface area contributed by atoms with Gasteiger partial charge >= 0.3 is 6.18 Å². The highest BCUT2D eigenvalue weighted by molar-refractivity contribution is 7.99. The van der Waals surface area contributed by atoms with Crippen LogP contribution < -0.4 is 10.1 Å². The van der Waals surface area contributed by atoms with E-state index in [9.17, 15) is 22.4 Å². The topological polar surface area (TPSA) is 81.4 Å². The molecule has 0 aliphatic heterocycles. The maximum absolute atomic E-state index is 13.2. The van der Waals surface area contributed by atoms with Gasteiger partial charge in [-0.05, 0) is 54.6 Å². The van der Waals surface area contributed by atoms with Crippen LogP contribution in [0, 0.1) is 5.82 Å². The van der Waals surface area contributed by atoms with Gasteiger partial charge in [0.15, 0.2) is 5.65 Å². The average Bonchev–Trinajstić information content (AvgIpc) is 3.20. The Bertz CT molecular complexity index is 1310. The highest BCUT2D eigenvalue weighted by Crippen LogP contribution is 2.35. The summed E-state index contributed by atoms with van der Waals surface area (Å²) in [4.78, 5) is 12.4. The molecule has 0 unspecified atom stereocenters. The number of halogens is 4. The second kappa shape index (κ2) is 9.06. The molecule has 2 aromatic carbocycles. The quantitative estimate of drug-likeness (QED) is 0.321. The molecule has 0 saturated carbocycles. The standard InChI is InChI=1S/C21H15F4N5O2S/c1-32-17-8-4-13(21(23,24)25)10-16(17)26-19(31)11-33-20-28-27-18-9-7-15(29-30(18)20)12-2-5-14(22)6-3-12/h2-10H,11H2,1H3,(H,26,31). The third-order valence-electron chi connectivity index (χ3n) is 4.51. The third-order valence-corrected chi connectivity index (χ3v) is 5.43. The van der Waals surface area contributed by atoms with Crippen molar-refractivity contribution < 1.29 is 27.1 Å². The number of alkyl halides is 3. The molecular formula is C21H15F4N5O2S. The Morgan fingerprint density at radius 3 is 2.55 bits per heavy atom. The van der Waals surface area contributed by atoms with E-state index in [4.69, 9.17) is 4.74 Å². The summed E-state index contributed by atoms with van der Waals surface area (Å²) in [6.07, 6.45) is -4.56. The van der Waals surface area contributed by atoms with Crippen molar-refractivity contribution in [3.8, 4) is 17.0 Å². The highest BCUT2D eigenvalue weighted by atomic mass is 32.2. The minimum absolute atomic E-state index is 0.0965. The molecule has 4 rings (SSSR count). The lowest BCUT2D eigenvalue weighted by atomic mass is 10.1. The van der Waals surface area contributed by atoms with Crippen molar-refractivity contribution in [2.45, 2.75) is 11.3 Å². The molecule has 0 radical (unpaired) electrons. The predicted molar refractivity (Wildman–Crippen MR) is 114 cm³/mol. The summed E-state index contributed by atoms with van der Waals surface area (Å²) in [7, 11) is 1.29. The molecule has 0 fully saturated rings. The van der Waals surface area contributed by atoms with E-state index in [0.717, 1.165) is 30.0 Å². The molecule has 33 heavy (non-hydrogen) atoms. The molecule has 0 bridgehead atoms. The molecule has 1 amide bonds. The van der Waals surface area contributed by atoms with Crippen LogP contribution in [0.3, 0.4) is 0 Å². The summed E-state index contributed by atoms with van der Waals surface area (Å²) < 4.78 is 58.6. The number of hydrogen-bond donors (Lipinski definition) is 1. The number of carbonyl (C=O) groups is 1. The van der Waals surface area contributed by atoms with Gasteiger partial charge in [0.2, 0.25) is 11.1 Å². The monoisotopic (exact) mass is 477 g/mol. The summed E-state index contributed by atoms with van der Waals surface area (Å²) in [5.74, 6) is -1.00. The van der Waals surface area contributed by atoms with E-state index >= 15 is 0 Å². The van der Waals surface area contributed by atoms with Gasteiger partial charge in [-0.3, -0.25) is 4.79 Å². The molecule has 12 heteroatoms. The van der Waals surface area contributed by atoms with Gasteiger partial charge in [0, 0.05) is 5.56 Å². The van der Waals surface area contributed by atoms with E-state index in [-0.39, 0.29) is 23.0 Å². The number of fused-ring (bicyclic) bond motifs is 1. The fourth-order valence-electron chi connectivity index (χ4n) is 2.93. The molecule has 1 N–H and O–H groups in total. The minimum Gasteiger partial charge on any atom is -0.495 e. The largest absolute Gasteiger partial charge is 0.495 e. The third kappa shape index (κ3) is 5.06. The van der Waals surface area contributed by atoms with Gasteiger partial charge in [-0.2, -0.15) is 22.8 Å². The summed E-state index contributed by atoms with van der Waals surface area (Å²) >= 11 is 1.01. The first-order valence-corrected chi connectivity index (χ1v) is 10.4. The van der Waals surface area contributed by atoms with Crippen molar-refractivity contribution in [2.24, 2.45) is 0 Å². The molecule has 2 aromatic heterocycles. The van der Waals surface area contributed by atoms with Crippen molar-refractivity contribution in [3.63, 3.8) is 0 Å². The van der Waals surface area contributed by atoms with Gasteiger partial charge in [-0.25, -0.2) is 4.39 Å². The predicted octanol–water partition coefficient (Wildman–Crippen LogP) is 4.69. The summed E-state index contributed by atoms with van der Waals surface area (Å²) in [5.41, 5.74) is 0.649. The Labute approximate surface area is 188 Å². The van der Waals surface area contributed by atoms with E-state index in [1.165, 1.54) is 23.8 Å². The summed E-state index contributed by atoms with van der Waals surface area (Å²) in [5, 5.41) is 15.2. The first-order valence-electron chi connectivity index (χ1n) is 9.41. The Hall–Kier alpha value is -3.67. The van der Waals surface area contributed by atoms with Crippen molar-refractivity contribution in [1.29, 1.82) is 0 Å². The lowest BCUT2D eigenvalue weighted by Crippen LogP contribution is -2.16. The second-order valence-corrected chi connectivity index (χ2v) is 7.67. The van der Waals surface area contributed by atoms with Crippen LogP contribution in [0.5, 0.6) is 5.75 Å². The number of rotatable bonds is 6. The molecule has 4 aromatic rings. The van der Waals surface area contributed by atoms with Crippen LogP contribution in [-0.2, 0) is 11.0 Å². The highest BCUT2D eigenvalue weighted by Gasteiger charge is 2.31. The number of nitrogens with one attached hydrogen (secondary N) is 1. The van der Waals surface area contributed by atoms with Crippen molar-refractivity contribution in [2.75, 3.05) is 18.2 Å². The number of benzene rings is 2. The zero-order valence-electron chi connectivity index (χ0n) is 16.9. The number of anilines is 1. The fraction of sp³-hybridized carbons (Fsp3) is 0.143. The average molecular weight is 477 g/mol. The number of methoxy groups -OCH3 is 1. The Morgan fingerprint density at radius 1 is 1.09 bits per heavy atom. The Morgan fingerprint density at radius 2 is 1.85 bits per heavy atom. The molecule has 170 valence electrons. The first-order chi connectivity index (χ1) is 15.7. The van der Waals surface area contributed by atoms with Crippen LogP contribution in [-0.4, -0.2) is 38.6 Å². The Balaban J connectivity index is 1.50. The van der Waals surface area contributed by atoms with Gasteiger partial charge in [-0.15, -0.1) is 10.2 Å². The number of carbonyl (C=O) groups excluding carboxylic acids is 1. The maximum atomic E-state index is 13.2. The van der Waals surface area contributed by atoms with E-state index in [0.29, 0.717) is 22.1 Å². The van der Waals surface area contributed by atoms with Crippen LogP contribution in [0.2, 0.25) is 0 Å². The van der Waals surface area contributed by atoms with Crippen molar-refractivity contribution in [3.05, 3.63) is 66.0 Å². The molecule has 0 atom stereocenters. The summed E-state index contributed by atoms with van der Waals surface area (Å²) in [6, 6.07) is 12.0. The number of amides is 1. The van der Waals surface area contributed by atoms with Gasteiger partial charge in [-0.1, -0.05) is 11.8 Å². The minimum atomic E-state index is -4.56. The van der Waals surface area contributed by atoms with Crippen LogP contribution in [0.15, 0.2) is 59.8 Å². The van der Waals surface area contributed by atoms with Crippen LogP contribution >= 0.6 is 11.8 Å². The van der Waals surface area contributed by atoms with Crippen molar-refractivity contribution >= 4 is 29.0 Å². The van der Waals surface area contributed by atoms with Crippen LogP contribution in [0.1, 0.15) is 5.56 Å². The first kappa shape index (κ1) is 22.5. The normalized spacial score (nSPS) is 11.5. The van der Waals surface area contributed by atoms with Crippen LogP contribution in [0.4, 0.5) is 23.2 Å². The smallest absolute Gasteiger partial charge is 0.416 e. The molecular weight excluding hydrogens is 462 g/mol. The Kier molecular flexibility index (Phi) is 6.18. The zero-order valence-corrected chi connectivity index (χ0v) is 17.7. The van der Waals surface area contributed by atoms with Gasteiger partial charge in [0.25, 0.3) is 0 Å². The molecule has 0 saturated heterocycles. The summed E-state index contributed by atoms with van der Waals surface area (Å²) in [6.45, 7) is 0. The lowest BCUT2D eigenvalue weighted by Gasteiger charge is -2.13. The molecule has 0 aliphatic carbocycles. The fourth-order valence-corrected chi connectivity index (χ4v) is 3.62. The number of ether oxygens (including phenoxy) is 1. The van der Waals surface area contributed by atoms with E-state index in [2.05, 4.69) is 20.6 Å². The molecule has 0 aliphatic rings. The molecule has 0 spiro atoms. The second-order valence-electron chi connectivity index (χ2n) is 6.73. The number of aromatic nitrogens is 4. The van der Waals surface area contributed by atoms with Gasteiger partial charge in [0.05, 0.1) is 29.8 Å². The van der Waals surface area contributed by atoms with Gasteiger partial charge < -0.3 is 10.1 Å². The SMILES string of the molecule is COc1ccc(C(F)(F)F)cc1NC(=O)CSc1nnc2ccc(-c3ccc(F)cc3)nn12. The maximum Gasteiger partial charge on any atom is 0.416 e. The molecule has 2 heterocycles. The van der Waals surface area contributed by atoms with Crippen molar-refractivity contribution in [1.82, 2.24) is 19.8 Å². The van der Waals surface area contributed by atoms with E-state index < -0.39 is 17.6 Å². The number of hydrogen-bond acceptors (Lipinski definition) is 6. The zero-order chi connectivity index (χ0) is 23.6. The molecule has 7 nitrogen and oxygen atoms in total. The van der Waals surface area contributed by atoms with Gasteiger partial charge in [0.1, 0.15) is 11.6 Å². The van der Waals surface area contributed by atoms with Crippen LogP contribution in [0.25, 0.3) is 16.9 Å². The number of thioether (sulfide) groups is 1. The number of nitrogens with zero attached hydrogens (tertiary/aromatic N) is 4. The lowest BCUT2D eigenvalue weighted by molar-refractivity contribution is -0.137.